The first-order chi connectivity index (χ1) is 8.86. The Labute approximate surface area is 107 Å². The van der Waals surface area contributed by atoms with E-state index in [9.17, 15) is 13.2 Å². The van der Waals surface area contributed by atoms with Crippen LogP contribution in [0, 0.1) is 0 Å². The van der Waals surface area contributed by atoms with Crippen LogP contribution in [0.15, 0.2) is 34.9 Å². The van der Waals surface area contributed by atoms with Gasteiger partial charge in [0.1, 0.15) is 6.26 Å². The van der Waals surface area contributed by atoms with Crippen LogP contribution in [0.5, 0.6) is 0 Å². The minimum absolute atomic E-state index is 0.103. The van der Waals surface area contributed by atoms with Crippen molar-refractivity contribution in [3.8, 4) is 0 Å². The zero-order valence-electron chi connectivity index (χ0n) is 10.0. The molecular weight excluding hydrogens is 259 g/mol. The van der Waals surface area contributed by atoms with Crippen LogP contribution in [0.2, 0.25) is 0 Å². The van der Waals surface area contributed by atoms with Crippen LogP contribution in [0.3, 0.4) is 0 Å². The van der Waals surface area contributed by atoms with Gasteiger partial charge in [-0.05, 0) is 25.1 Å². The molecule has 1 aromatic heterocycles. The second-order valence-electron chi connectivity index (χ2n) is 4.07. The van der Waals surface area contributed by atoms with E-state index in [0.717, 1.165) is 12.1 Å². The van der Waals surface area contributed by atoms with Gasteiger partial charge in [0, 0.05) is 11.7 Å². The molecule has 2 aromatic rings. The molecule has 1 heterocycles. The molecule has 19 heavy (non-hydrogen) atoms. The number of hydrogen-bond acceptors (Lipinski definition) is 4. The van der Waals surface area contributed by atoms with Crippen molar-refractivity contribution < 1.29 is 17.6 Å². The number of aromatic nitrogens is 1. The fraction of sp³-hybridized carbons (Fsp3) is 0.250. The molecule has 2 rings (SSSR count). The summed E-state index contributed by atoms with van der Waals surface area (Å²) in [6.07, 6.45) is -3.02. The van der Waals surface area contributed by atoms with Gasteiger partial charge in [0.2, 0.25) is 0 Å². The van der Waals surface area contributed by atoms with Gasteiger partial charge in [-0.1, -0.05) is 6.07 Å². The molecule has 0 amide bonds. The van der Waals surface area contributed by atoms with Gasteiger partial charge in [-0.2, -0.15) is 18.2 Å². The zero-order chi connectivity index (χ0) is 14.0. The molecular formula is C12H12F3N3O. The van der Waals surface area contributed by atoms with Crippen LogP contribution in [0.4, 0.5) is 24.9 Å². The molecule has 1 unspecified atom stereocenters. The first-order valence-corrected chi connectivity index (χ1v) is 5.51. The largest absolute Gasteiger partial charge is 0.432 e. The summed E-state index contributed by atoms with van der Waals surface area (Å²) in [4.78, 5) is 4.01. The molecule has 1 aromatic carbocycles. The second kappa shape index (κ2) is 4.93. The lowest BCUT2D eigenvalue weighted by Gasteiger charge is -2.08. The van der Waals surface area contributed by atoms with Gasteiger partial charge in [0.25, 0.3) is 6.01 Å². The first-order valence-electron chi connectivity index (χ1n) is 5.51. The van der Waals surface area contributed by atoms with E-state index >= 15 is 0 Å². The van der Waals surface area contributed by atoms with Crippen LogP contribution in [-0.4, -0.2) is 4.98 Å². The average Bonchev–Trinajstić information content (AvgIpc) is 2.77. The second-order valence-corrected chi connectivity index (χ2v) is 4.07. The molecule has 0 bridgehead atoms. The number of nitrogens with zero attached hydrogens (tertiary/aromatic N) is 1. The third kappa shape index (κ3) is 3.25. The summed E-state index contributed by atoms with van der Waals surface area (Å²) in [7, 11) is 0. The van der Waals surface area contributed by atoms with Crippen molar-refractivity contribution >= 4 is 11.7 Å². The van der Waals surface area contributed by atoms with Crippen molar-refractivity contribution in [2.75, 3.05) is 5.32 Å². The summed E-state index contributed by atoms with van der Waals surface area (Å²) in [6, 6.07) is 4.57. The molecule has 0 spiro atoms. The Kier molecular flexibility index (Phi) is 3.48. The molecule has 0 saturated carbocycles. The van der Waals surface area contributed by atoms with E-state index in [1.165, 1.54) is 18.4 Å². The minimum atomic E-state index is -4.38. The number of rotatable bonds is 3. The normalized spacial score (nSPS) is 13.3. The van der Waals surface area contributed by atoms with Crippen LogP contribution in [-0.2, 0) is 6.18 Å². The number of anilines is 2. The van der Waals surface area contributed by atoms with Crippen LogP contribution >= 0.6 is 0 Å². The molecule has 0 aliphatic carbocycles. The Morgan fingerprint density at radius 3 is 2.68 bits per heavy atom. The predicted octanol–water partition coefficient (Wildman–Crippen LogP) is 3.46. The summed E-state index contributed by atoms with van der Waals surface area (Å²) >= 11 is 0. The number of alkyl halides is 3. The van der Waals surface area contributed by atoms with Crippen molar-refractivity contribution in [3.63, 3.8) is 0 Å². The molecule has 0 fully saturated rings. The molecule has 102 valence electrons. The zero-order valence-corrected chi connectivity index (χ0v) is 10.0. The SMILES string of the molecule is CC(N)c1coc(Nc2cccc(C(F)(F)F)c2)n1. The van der Waals surface area contributed by atoms with Crippen LogP contribution < -0.4 is 11.1 Å². The number of nitrogens with one attached hydrogen (secondary N) is 1. The standard InChI is InChI=1S/C12H12F3N3O/c1-7(16)10-6-19-11(18-10)17-9-4-2-3-8(5-9)12(13,14)15/h2-7H,16H2,1H3,(H,17,18). The molecule has 4 nitrogen and oxygen atoms in total. The molecule has 1 atom stereocenters. The molecule has 0 saturated heterocycles. The van der Waals surface area contributed by atoms with Crippen molar-refractivity contribution in [2.24, 2.45) is 5.73 Å². The van der Waals surface area contributed by atoms with Gasteiger partial charge in [0.15, 0.2) is 0 Å². The maximum absolute atomic E-state index is 12.5. The topological polar surface area (TPSA) is 64.1 Å². The summed E-state index contributed by atoms with van der Waals surface area (Å²) in [6.45, 7) is 1.73. The number of benzene rings is 1. The van der Waals surface area contributed by atoms with E-state index in [-0.39, 0.29) is 17.7 Å². The fourth-order valence-corrected chi connectivity index (χ4v) is 1.45. The smallest absolute Gasteiger partial charge is 0.416 e. The van der Waals surface area contributed by atoms with Crippen molar-refractivity contribution in [1.29, 1.82) is 0 Å². The third-order valence-electron chi connectivity index (χ3n) is 2.43. The Hall–Kier alpha value is -2.02. The van der Waals surface area contributed by atoms with E-state index in [2.05, 4.69) is 10.3 Å². The highest BCUT2D eigenvalue weighted by molar-refractivity contribution is 5.53. The van der Waals surface area contributed by atoms with Gasteiger partial charge in [-0.15, -0.1) is 0 Å². The van der Waals surface area contributed by atoms with E-state index in [1.54, 1.807) is 6.92 Å². The van der Waals surface area contributed by atoms with Gasteiger partial charge in [-0.3, -0.25) is 0 Å². The maximum atomic E-state index is 12.5. The maximum Gasteiger partial charge on any atom is 0.416 e. The summed E-state index contributed by atoms with van der Waals surface area (Å²) in [5.41, 5.74) is 5.63. The van der Waals surface area contributed by atoms with Crippen LogP contribution in [0.25, 0.3) is 0 Å². The van der Waals surface area contributed by atoms with Crippen molar-refractivity contribution in [1.82, 2.24) is 4.98 Å². The quantitative estimate of drug-likeness (QED) is 0.897. The Morgan fingerprint density at radius 1 is 1.37 bits per heavy atom. The van der Waals surface area contributed by atoms with Gasteiger partial charge in [0.05, 0.1) is 11.3 Å². The number of nitrogens with two attached hydrogens (primary N) is 1. The van der Waals surface area contributed by atoms with Gasteiger partial charge >= 0.3 is 6.18 Å². The highest BCUT2D eigenvalue weighted by atomic mass is 19.4. The minimum Gasteiger partial charge on any atom is -0.432 e. The fourth-order valence-electron chi connectivity index (χ4n) is 1.45. The lowest BCUT2D eigenvalue weighted by atomic mass is 10.2. The van der Waals surface area contributed by atoms with E-state index in [1.807, 2.05) is 0 Å². The average molecular weight is 271 g/mol. The summed E-state index contributed by atoms with van der Waals surface area (Å²) in [5, 5.41) is 2.66. The van der Waals surface area contributed by atoms with E-state index < -0.39 is 11.7 Å². The van der Waals surface area contributed by atoms with E-state index in [4.69, 9.17) is 10.2 Å². The Morgan fingerprint density at radius 2 is 2.11 bits per heavy atom. The van der Waals surface area contributed by atoms with Gasteiger partial charge in [-0.25, -0.2) is 0 Å². The summed E-state index contributed by atoms with van der Waals surface area (Å²) < 4.78 is 42.7. The molecule has 0 aliphatic rings. The number of hydrogen-bond donors (Lipinski definition) is 2. The van der Waals surface area contributed by atoms with Crippen molar-refractivity contribution in [3.05, 3.63) is 41.8 Å². The third-order valence-corrected chi connectivity index (χ3v) is 2.43. The predicted molar refractivity (Wildman–Crippen MR) is 63.8 cm³/mol. The van der Waals surface area contributed by atoms with Gasteiger partial charge < -0.3 is 15.5 Å². The Bertz CT molecular complexity index is 563. The monoisotopic (exact) mass is 271 g/mol. The number of oxazole rings is 1. The first kappa shape index (κ1) is 13.4. The molecule has 0 radical (unpaired) electrons. The van der Waals surface area contributed by atoms with E-state index in [0.29, 0.717) is 5.69 Å². The highest BCUT2D eigenvalue weighted by Crippen LogP contribution is 2.31. The summed E-state index contributed by atoms with van der Waals surface area (Å²) in [5.74, 6) is 0. The van der Waals surface area contributed by atoms with Crippen molar-refractivity contribution in [2.45, 2.75) is 19.1 Å². The van der Waals surface area contributed by atoms with Crippen LogP contribution in [0.1, 0.15) is 24.2 Å². The molecule has 3 N–H and O–H groups in total. The number of halogens is 3. The highest BCUT2D eigenvalue weighted by Gasteiger charge is 2.30. The molecule has 0 aliphatic heterocycles. The Balaban J connectivity index is 2.19. The molecule has 7 heteroatoms. The lowest BCUT2D eigenvalue weighted by Crippen LogP contribution is -2.06. The lowest BCUT2D eigenvalue weighted by molar-refractivity contribution is -0.137.